The second-order valence-electron chi connectivity index (χ2n) is 8.73. The molecule has 34 heavy (non-hydrogen) atoms. The first-order valence-electron chi connectivity index (χ1n) is 11.7. The number of carbonyl (C=O) groups is 2. The van der Waals surface area contributed by atoms with Gasteiger partial charge in [0.1, 0.15) is 0 Å². The van der Waals surface area contributed by atoms with Crippen LogP contribution < -0.4 is 15.1 Å². The largest absolute Gasteiger partial charge is 0.346 e. The number of halogens is 1. The topological polar surface area (TPSA) is 53.9 Å². The Morgan fingerprint density at radius 3 is 2.59 bits per heavy atom. The van der Waals surface area contributed by atoms with E-state index >= 15 is 0 Å². The Morgan fingerprint density at radius 1 is 1.00 bits per heavy atom. The van der Waals surface area contributed by atoms with E-state index in [0.29, 0.717) is 29.2 Å². The number of benzene rings is 3. The molecule has 2 aliphatic rings. The number of fused-ring (bicyclic) bond motifs is 2. The first-order chi connectivity index (χ1) is 16.6. The van der Waals surface area contributed by atoms with Crippen LogP contribution in [0.4, 0.5) is 5.69 Å². The fourth-order valence-corrected chi connectivity index (χ4v) is 5.85. The molecule has 5 rings (SSSR count). The number of hydrogen-bond acceptors (Lipinski definition) is 3. The quantitative estimate of drug-likeness (QED) is 0.545. The summed E-state index contributed by atoms with van der Waals surface area (Å²) in [5.74, 6) is -0.213. The molecular formula is C27H27ClN3O2S+. The van der Waals surface area contributed by atoms with Crippen LogP contribution in [0.2, 0.25) is 5.02 Å². The third kappa shape index (κ3) is 4.85. The number of rotatable bonds is 6. The molecule has 0 radical (unpaired) electrons. The molecule has 174 valence electrons. The maximum atomic E-state index is 13.7. The molecule has 2 N–H and O–H groups in total. The second kappa shape index (κ2) is 10.2. The van der Waals surface area contributed by atoms with Crippen molar-refractivity contribution >= 4 is 40.9 Å². The van der Waals surface area contributed by atoms with Crippen molar-refractivity contribution in [2.75, 3.05) is 31.1 Å². The molecular weight excluding hydrogens is 466 g/mol. The van der Waals surface area contributed by atoms with Gasteiger partial charge < -0.3 is 15.1 Å². The molecule has 0 spiro atoms. The molecule has 3 aromatic carbocycles. The summed E-state index contributed by atoms with van der Waals surface area (Å²) < 4.78 is 0. The Bertz CT molecular complexity index is 1230. The van der Waals surface area contributed by atoms with Crippen LogP contribution in [-0.2, 0) is 6.54 Å². The lowest BCUT2D eigenvalue weighted by Crippen LogP contribution is -3.10. The van der Waals surface area contributed by atoms with Crippen molar-refractivity contribution in [3.63, 3.8) is 0 Å². The highest BCUT2D eigenvalue weighted by Gasteiger charge is 2.28. The minimum atomic E-state index is -0.113. The number of carbonyl (C=O) groups excluding carboxylic acids is 2. The van der Waals surface area contributed by atoms with Crippen molar-refractivity contribution in [1.29, 1.82) is 0 Å². The van der Waals surface area contributed by atoms with Gasteiger partial charge in [0, 0.05) is 33.2 Å². The van der Waals surface area contributed by atoms with E-state index in [1.807, 2.05) is 66.7 Å². The molecule has 0 unspecified atom stereocenters. The minimum absolute atomic E-state index is 0.100. The fraction of sp³-hybridized carbons (Fsp3) is 0.259. The molecule has 1 saturated heterocycles. The summed E-state index contributed by atoms with van der Waals surface area (Å²) in [4.78, 5) is 31.8. The van der Waals surface area contributed by atoms with Crippen LogP contribution in [0.25, 0.3) is 0 Å². The van der Waals surface area contributed by atoms with Crippen molar-refractivity contribution in [2.45, 2.75) is 29.2 Å². The van der Waals surface area contributed by atoms with E-state index in [1.165, 1.54) is 25.9 Å². The molecule has 1 fully saturated rings. The van der Waals surface area contributed by atoms with Gasteiger partial charge in [0.05, 0.1) is 44.0 Å². The van der Waals surface area contributed by atoms with Gasteiger partial charge in [0.25, 0.3) is 11.8 Å². The number of amides is 2. The molecule has 0 bridgehead atoms. The highest BCUT2D eigenvalue weighted by Crippen LogP contribution is 2.42. The van der Waals surface area contributed by atoms with Crippen molar-refractivity contribution in [3.05, 3.63) is 88.4 Å². The molecule has 0 atom stereocenters. The third-order valence-corrected chi connectivity index (χ3v) is 7.97. The predicted octanol–water partition coefficient (Wildman–Crippen LogP) is 4.06. The van der Waals surface area contributed by atoms with Gasteiger partial charge in [-0.1, -0.05) is 53.7 Å². The number of quaternary nitrogens is 1. The van der Waals surface area contributed by atoms with Gasteiger partial charge in [-0.2, -0.15) is 0 Å². The zero-order valence-electron chi connectivity index (χ0n) is 18.9. The monoisotopic (exact) mass is 492 g/mol. The summed E-state index contributed by atoms with van der Waals surface area (Å²) in [6.07, 6.45) is 2.53. The molecule has 0 aromatic heterocycles. The highest BCUT2D eigenvalue weighted by atomic mass is 35.5. The van der Waals surface area contributed by atoms with E-state index in [-0.39, 0.29) is 11.8 Å². The number of hydrogen-bond donors (Lipinski definition) is 2. The Kier molecular flexibility index (Phi) is 6.90. The molecule has 0 aliphatic carbocycles. The van der Waals surface area contributed by atoms with Crippen molar-refractivity contribution in [2.24, 2.45) is 0 Å². The van der Waals surface area contributed by atoms with E-state index in [1.54, 1.807) is 21.6 Å². The average Bonchev–Trinajstić information content (AvgIpc) is 3.34. The predicted molar refractivity (Wildman–Crippen MR) is 136 cm³/mol. The first kappa shape index (κ1) is 23.0. The van der Waals surface area contributed by atoms with E-state index in [0.717, 1.165) is 27.6 Å². The van der Waals surface area contributed by atoms with E-state index in [4.69, 9.17) is 11.6 Å². The van der Waals surface area contributed by atoms with Gasteiger partial charge >= 0.3 is 0 Å². The summed E-state index contributed by atoms with van der Waals surface area (Å²) in [6.45, 7) is 4.29. The van der Waals surface area contributed by atoms with E-state index in [2.05, 4.69) is 5.32 Å². The van der Waals surface area contributed by atoms with Crippen LogP contribution in [0, 0.1) is 0 Å². The minimum Gasteiger partial charge on any atom is -0.346 e. The lowest BCUT2D eigenvalue weighted by Gasteiger charge is -2.24. The average molecular weight is 493 g/mol. The fourth-order valence-electron chi connectivity index (χ4n) is 4.60. The normalized spacial score (nSPS) is 15.6. The lowest BCUT2D eigenvalue weighted by atomic mass is 10.1. The maximum Gasteiger partial charge on any atom is 0.259 e. The summed E-state index contributed by atoms with van der Waals surface area (Å²) in [7, 11) is 0. The van der Waals surface area contributed by atoms with Gasteiger partial charge in [0.2, 0.25) is 0 Å². The lowest BCUT2D eigenvalue weighted by molar-refractivity contribution is -0.886. The van der Waals surface area contributed by atoms with Gasteiger partial charge in [-0.05, 0) is 42.0 Å². The third-order valence-electron chi connectivity index (χ3n) is 6.46. The van der Waals surface area contributed by atoms with Crippen molar-refractivity contribution in [1.82, 2.24) is 5.32 Å². The number of likely N-dealkylation sites (tertiary alicyclic amines) is 1. The second-order valence-corrected chi connectivity index (χ2v) is 10.2. The van der Waals surface area contributed by atoms with Crippen LogP contribution >= 0.6 is 23.4 Å². The van der Waals surface area contributed by atoms with Gasteiger partial charge in [0.15, 0.2) is 0 Å². The van der Waals surface area contributed by atoms with Crippen LogP contribution in [0.15, 0.2) is 76.5 Å². The number of nitrogens with zero attached hydrogens (tertiary/aromatic N) is 1. The van der Waals surface area contributed by atoms with E-state index < -0.39 is 0 Å². The van der Waals surface area contributed by atoms with Crippen LogP contribution in [0.3, 0.4) is 0 Å². The van der Waals surface area contributed by atoms with Gasteiger partial charge in [-0.15, -0.1) is 0 Å². The Balaban J connectivity index is 1.45. The van der Waals surface area contributed by atoms with Crippen LogP contribution in [-0.4, -0.2) is 38.0 Å². The van der Waals surface area contributed by atoms with Gasteiger partial charge in [-0.3, -0.25) is 9.59 Å². The summed E-state index contributed by atoms with van der Waals surface area (Å²) in [5, 5.41) is 3.67. The zero-order valence-corrected chi connectivity index (χ0v) is 20.4. The number of anilines is 1. The SMILES string of the molecule is O=C(NCC[NH+]1CCCC1)c1ccc2c(c1)N(Cc1ccccc1Cl)C(=O)c1ccccc1S2. The highest BCUT2D eigenvalue weighted by molar-refractivity contribution is 7.99. The molecule has 2 amide bonds. The zero-order chi connectivity index (χ0) is 23.5. The molecule has 3 aromatic rings. The van der Waals surface area contributed by atoms with Crippen LogP contribution in [0.5, 0.6) is 0 Å². The molecule has 2 heterocycles. The standard InChI is InChI=1S/C27H26ClN3O2S/c28-22-9-3-1-7-20(22)18-31-23-17-19(26(32)29-13-16-30-14-5-6-15-30)11-12-25(23)34-24-10-4-2-8-21(24)27(31)33/h1-4,7-12,17H,5-6,13-16,18H2,(H,29,32)/p+1. The smallest absolute Gasteiger partial charge is 0.259 e. The Morgan fingerprint density at radius 2 is 1.76 bits per heavy atom. The van der Waals surface area contributed by atoms with Gasteiger partial charge in [-0.25, -0.2) is 0 Å². The molecule has 5 nitrogen and oxygen atoms in total. The molecule has 0 saturated carbocycles. The first-order valence-corrected chi connectivity index (χ1v) is 12.9. The Hall–Kier alpha value is -2.80. The summed E-state index contributed by atoms with van der Waals surface area (Å²) >= 11 is 7.99. The molecule has 2 aliphatic heterocycles. The van der Waals surface area contributed by atoms with E-state index in [9.17, 15) is 9.59 Å². The summed E-state index contributed by atoms with van der Waals surface area (Å²) in [5.41, 5.74) is 2.79. The molecule has 7 heteroatoms. The van der Waals surface area contributed by atoms with Crippen LogP contribution in [0.1, 0.15) is 39.1 Å². The number of nitrogens with one attached hydrogen (secondary N) is 2. The van der Waals surface area contributed by atoms with Crippen molar-refractivity contribution < 1.29 is 14.5 Å². The Labute approximate surface area is 209 Å². The van der Waals surface area contributed by atoms with Crippen molar-refractivity contribution in [3.8, 4) is 0 Å². The maximum absolute atomic E-state index is 13.7. The summed E-state index contributed by atoms with van der Waals surface area (Å²) in [6, 6.07) is 20.8.